The zero-order valence-electron chi connectivity index (χ0n) is 15.8. The van der Waals surface area contributed by atoms with Crippen LogP contribution in [0.4, 0.5) is 4.79 Å². The molecule has 9 heteroatoms. The normalized spacial score (nSPS) is 15.7. The highest BCUT2D eigenvalue weighted by Crippen LogP contribution is 2.05. The van der Waals surface area contributed by atoms with Gasteiger partial charge in [-0.25, -0.2) is 4.79 Å². The zero-order valence-corrected chi connectivity index (χ0v) is 15.8. The van der Waals surface area contributed by atoms with E-state index in [2.05, 4.69) is 20.9 Å². The largest absolute Gasteiger partial charge is 0.444 e. The first-order chi connectivity index (χ1) is 12.3. The fourth-order valence-corrected chi connectivity index (χ4v) is 2.12. The maximum absolute atomic E-state index is 12.0. The second-order valence-electron chi connectivity index (χ2n) is 6.76. The van der Waals surface area contributed by atoms with Crippen LogP contribution < -0.4 is 16.0 Å². The van der Waals surface area contributed by atoms with Crippen LogP contribution >= 0.6 is 0 Å². The molecule has 0 bridgehead atoms. The first-order valence-electron chi connectivity index (χ1n) is 8.70. The summed E-state index contributed by atoms with van der Waals surface area (Å²) >= 11 is 0. The summed E-state index contributed by atoms with van der Waals surface area (Å²) in [5.74, 6) is -0.423. The van der Waals surface area contributed by atoms with Crippen LogP contribution in [0, 0.1) is 11.3 Å². The molecule has 0 spiro atoms. The van der Waals surface area contributed by atoms with Crippen molar-refractivity contribution in [2.45, 2.75) is 26.4 Å². The standard InChI is InChI=1S/C17H29N5O4/c1-17(2,3)26-16(24)21-5-4-19-13-14(12-18)15(23)20-6-7-22-8-10-25-11-9-22/h13,19H,4-11H2,1-3H3,(H,20,23)(H,21,24)/b14-13-. The van der Waals surface area contributed by atoms with E-state index in [-0.39, 0.29) is 5.57 Å². The summed E-state index contributed by atoms with van der Waals surface area (Å²) < 4.78 is 10.4. The average Bonchev–Trinajstić information content (AvgIpc) is 2.57. The molecule has 146 valence electrons. The Morgan fingerprint density at radius 3 is 2.50 bits per heavy atom. The van der Waals surface area contributed by atoms with E-state index in [1.807, 2.05) is 6.07 Å². The number of rotatable bonds is 8. The van der Waals surface area contributed by atoms with Crippen LogP contribution in [0.1, 0.15) is 20.8 Å². The number of ether oxygens (including phenoxy) is 2. The first kappa shape index (κ1) is 21.7. The van der Waals surface area contributed by atoms with Crippen molar-refractivity contribution >= 4 is 12.0 Å². The SMILES string of the molecule is CC(C)(C)OC(=O)NCCN/C=C(/C#N)C(=O)NCCN1CCOCC1. The van der Waals surface area contributed by atoms with E-state index in [0.29, 0.717) is 32.8 Å². The molecule has 9 nitrogen and oxygen atoms in total. The number of nitrogens with one attached hydrogen (secondary N) is 3. The average molecular weight is 367 g/mol. The van der Waals surface area contributed by atoms with Gasteiger partial charge in [0.1, 0.15) is 17.2 Å². The Hall–Kier alpha value is -2.31. The van der Waals surface area contributed by atoms with Crippen LogP contribution in [0.25, 0.3) is 0 Å². The molecule has 0 saturated carbocycles. The van der Waals surface area contributed by atoms with Crippen molar-refractivity contribution in [1.29, 1.82) is 5.26 Å². The maximum atomic E-state index is 12.0. The third kappa shape index (κ3) is 9.86. The van der Waals surface area contributed by atoms with Crippen LogP contribution in [0.3, 0.4) is 0 Å². The number of amides is 2. The highest BCUT2D eigenvalue weighted by molar-refractivity contribution is 5.97. The van der Waals surface area contributed by atoms with Crippen molar-refractivity contribution in [2.75, 3.05) is 52.5 Å². The molecule has 1 aliphatic rings. The molecule has 0 aliphatic carbocycles. The van der Waals surface area contributed by atoms with Gasteiger partial charge in [0.25, 0.3) is 5.91 Å². The summed E-state index contributed by atoms with van der Waals surface area (Å²) in [6, 6.07) is 1.86. The predicted octanol–water partition coefficient (Wildman–Crippen LogP) is -0.0434. The van der Waals surface area contributed by atoms with Gasteiger partial charge in [0.15, 0.2) is 0 Å². The van der Waals surface area contributed by atoms with Crippen molar-refractivity contribution in [2.24, 2.45) is 0 Å². The van der Waals surface area contributed by atoms with E-state index in [4.69, 9.17) is 14.7 Å². The topological polar surface area (TPSA) is 116 Å². The van der Waals surface area contributed by atoms with Gasteiger partial charge in [-0.05, 0) is 20.8 Å². The van der Waals surface area contributed by atoms with Gasteiger partial charge < -0.3 is 25.4 Å². The molecular weight excluding hydrogens is 338 g/mol. The van der Waals surface area contributed by atoms with Gasteiger partial charge in [-0.15, -0.1) is 0 Å². The minimum absolute atomic E-state index is 0.00996. The highest BCUT2D eigenvalue weighted by atomic mass is 16.6. The molecule has 1 rings (SSSR count). The van der Waals surface area contributed by atoms with Crippen molar-refractivity contribution in [1.82, 2.24) is 20.9 Å². The molecule has 1 fully saturated rings. The molecule has 0 aromatic heterocycles. The summed E-state index contributed by atoms with van der Waals surface area (Å²) in [6.45, 7) is 10.3. The molecule has 0 atom stereocenters. The van der Waals surface area contributed by atoms with E-state index in [1.54, 1.807) is 20.8 Å². The maximum Gasteiger partial charge on any atom is 0.407 e. The molecule has 0 radical (unpaired) electrons. The minimum Gasteiger partial charge on any atom is -0.444 e. The minimum atomic E-state index is -0.551. The van der Waals surface area contributed by atoms with Gasteiger partial charge in [-0.3, -0.25) is 9.69 Å². The molecule has 1 saturated heterocycles. The lowest BCUT2D eigenvalue weighted by atomic mass is 10.2. The number of carbonyl (C=O) groups excluding carboxylic acids is 2. The second kappa shape index (κ2) is 11.3. The van der Waals surface area contributed by atoms with Gasteiger partial charge >= 0.3 is 6.09 Å². The fourth-order valence-electron chi connectivity index (χ4n) is 2.12. The Kier molecular flexibility index (Phi) is 9.47. The number of carbonyl (C=O) groups is 2. The summed E-state index contributed by atoms with van der Waals surface area (Å²) in [5.41, 5.74) is -0.561. The zero-order chi connectivity index (χ0) is 19.4. The van der Waals surface area contributed by atoms with Crippen LogP contribution in [0.15, 0.2) is 11.8 Å². The number of nitriles is 1. The van der Waals surface area contributed by atoms with Gasteiger partial charge in [-0.1, -0.05) is 0 Å². The number of alkyl carbamates (subject to hydrolysis) is 1. The van der Waals surface area contributed by atoms with Gasteiger partial charge in [0.05, 0.1) is 13.2 Å². The third-order valence-corrected chi connectivity index (χ3v) is 3.37. The molecule has 0 aromatic carbocycles. The van der Waals surface area contributed by atoms with E-state index >= 15 is 0 Å². The van der Waals surface area contributed by atoms with Crippen molar-refractivity contribution < 1.29 is 19.1 Å². The van der Waals surface area contributed by atoms with E-state index < -0.39 is 17.6 Å². The van der Waals surface area contributed by atoms with Crippen LogP contribution in [-0.4, -0.2) is 75.0 Å². The Bertz CT molecular complexity index is 530. The van der Waals surface area contributed by atoms with Crippen molar-refractivity contribution in [3.8, 4) is 6.07 Å². The molecule has 3 N–H and O–H groups in total. The Morgan fingerprint density at radius 1 is 1.19 bits per heavy atom. The molecule has 0 unspecified atom stereocenters. The molecule has 0 aromatic rings. The number of hydrogen-bond donors (Lipinski definition) is 3. The van der Waals surface area contributed by atoms with E-state index in [1.165, 1.54) is 6.20 Å². The number of nitrogens with zero attached hydrogens (tertiary/aromatic N) is 2. The predicted molar refractivity (Wildman–Crippen MR) is 96.2 cm³/mol. The van der Waals surface area contributed by atoms with Gasteiger partial charge in [0.2, 0.25) is 0 Å². The van der Waals surface area contributed by atoms with Crippen LogP contribution in [0.2, 0.25) is 0 Å². The smallest absolute Gasteiger partial charge is 0.407 e. The van der Waals surface area contributed by atoms with E-state index in [9.17, 15) is 9.59 Å². The van der Waals surface area contributed by atoms with Crippen molar-refractivity contribution in [3.05, 3.63) is 11.8 Å². The summed E-state index contributed by atoms with van der Waals surface area (Å²) in [7, 11) is 0. The lowest BCUT2D eigenvalue weighted by Gasteiger charge is -2.26. The monoisotopic (exact) mass is 367 g/mol. The summed E-state index contributed by atoms with van der Waals surface area (Å²) in [5, 5.41) is 17.2. The molecule has 2 amide bonds. The number of morpholine rings is 1. The fraction of sp³-hybridized carbons (Fsp3) is 0.706. The second-order valence-corrected chi connectivity index (χ2v) is 6.76. The quantitative estimate of drug-likeness (QED) is 0.313. The first-order valence-corrected chi connectivity index (χ1v) is 8.70. The van der Waals surface area contributed by atoms with Crippen LogP contribution in [0.5, 0.6) is 0 Å². The lowest BCUT2D eigenvalue weighted by Crippen LogP contribution is -2.41. The molecule has 1 heterocycles. The summed E-state index contributed by atoms with van der Waals surface area (Å²) in [4.78, 5) is 25.6. The lowest BCUT2D eigenvalue weighted by molar-refractivity contribution is -0.117. The Balaban J connectivity index is 2.21. The Labute approximate surface area is 154 Å². The molecule has 26 heavy (non-hydrogen) atoms. The van der Waals surface area contributed by atoms with Gasteiger partial charge in [0, 0.05) is 45.5 Å². The van der Waals surface area contributed by atoms with E-state index in [0.717, 1.165) is 19.6 Å². The number of hydrogen-bond acceptors (Lipinski definition) is 7. The van der Waals surface area contributed by atoms with Crippen LogP contribution in [-0.2, 0) is 14.3 Å². The van der Waals surface area contributed by atoms with Crippen molar-refractivity contribution in [3.63, 3.8) is 0 Å². The third-order valence-electron chi connectivity index (χ3n) is 3.37. The van der Waals surface area contributed by atoms with Gasteiger partial charge in [-0.2, -0.15) is 5.26 Å². The molecular formula is C17H29N5O4. The highest BCUT2D eigenvalue weighted by Gasteiger charge is 2.15. The summed E-state index contributed by atoms with van der Waals surface area (Å²) in [6.07, 6.45) is 0.838. The molecule has 1 aliphatic heterocycles. The Morgan fingerprint density at radius 2 is 1.88 bits per heavy atom.